The number of alkyl halides is 6. The molecular formula is C13H11F6N3. The summed E-state index contributed by atoms with van der Waals surface area (Å²) in [6.45, 7) is -0.253. The molecule has 0 amide bonds. The summed E-state index contributed by atoms with van der Waals surface area (Å²) in [7, 11) is 1.12. The highest BCUT2D eigenvalue weighted by Crippen LogP contribution is 2.35. The molecule has 1 heterocycles. The van der Waals surface area contributed by atoms with E-state index >= 15 is 0 Å². The third-order valence-corrected chi connectivity index (χ3v) is 2.91. The number of nitrogens with zero attached hydrogens (tertiary/aromatic N) is 2. The Labute approximate surface area is 121 Å². The molecule has 0 spiro atoms. The molecule has 1 N–H and O–H groups in total. The second-order valence-electron chi connectivity index (χ2n) is 4.54. The summed E-state index contributed by atoms with van der Waals surface area (Å²) in [4.78, 5) is 0. The average Bonchev–Trinajstić information content (AvgIpc) is 2.77. The molecule has 2 aromatic rings. The van der Waals surface area contributed by atoms with Gasteiger partial charge in [-0.1, -0.05) is 12.1 Å². The lowest BCUT2D eigenvalue weighted by molar-refractivity contribution is -0.143. The van der Waals surface area contributed by atoms with E-state index in [0.29, 0.717) is 4.68 Å². The summed E-state index contributed by atoms with van der Waals surface area (Å²) < 4.78 is 76.9. The van der Waals surface area contributed by atoms with E-state index in [0.717, 1.165) is 19.2 Å². The lowest BCUT2D eigenvalue weighted by Crippen LogP contribution is -2.11. The van der Waals surface area contributed by atoms with Gasteiger partial charge in [-0.15, -0.1) is 0 Å². The van der Waals surface area contributed by atoms with Gasteiger partial charge in [0, 0.05) is 12.7 Å². The maximum Gasteiger partial charge on any atom is 0.433 e. The van der Waals surface area contributed by atoms with Crippen LogP contribution < -0.4 is 5.32 Å². The van der Waals surface area contributed by atoms with Crippen LogP contribution in [0.1, 0.15) is 17.0 Å². The number of aromatic nitrogens is 2. The maximum absolute atomic E-state index is 12.8. The van der Waals surface area contributed by atoms with E-state index in [9.17, 15) is 26.3 Å². The minimum absolute atomic E-state index is 0.00759. The number of nitrogens with one attached hydrogen (secondary N) is 1. The lowest BCUT2D eigenvalue weighted by Gasteiger charge is -2.13. The monoisotopic (exact) mass is 323 g/mol. The first-order valence-corrected chi connectivity index (χ1v) is 6.09. The summed E-state index contributed by atoms with van der Waals surface area (Å²) in [6, 6.07) is 5.52. The topological polar surface area (TPSA) is 29.9 Å². The summed E-state index contributed by atoms with van der Waals surface area (Å²) in [5, 5.41) is 6.10. The smallest absolute Gasteiger partial charge is 0.379 e. The molecule has 2 rings (SSSR count). The summed E-state index contributed by atoms with van der Waals surface area (Å²) in [5.74, 6) is 0. The predicted octanol–water partition coefficient (Wildman–Crippen LogP) is 4.07. The number of hydrogen-bond acceptors (Lipinski definition) is 2. The molecule has 120 valence electrons. The van der Waals surface area contributed by atoms with Crippen LogP contribution in [0.2, 0.25) is 0 Å². The second kappa shape index (κ2) is 5.54. The van der Waals surface area contributed by atoms with Gasteiger partial charge in [-0.2, -0.15) is 31.4 Å². The number of aryl methyl sites for hydroxylation is 1. The fourth-order valence-corrected chi connectivity index (χ4v) is 1.95. The van der Waals surface area contributed by atoms with Gasteiger partial charge in [0.05, 0.1) is 17.8 Å². The van der Waals surface area contributed by atoms with Gasteiger partial charge in [0.15, 0.2) is 0 Å². The van der Waals surface area contributed by atoms with Gasteiger partial charge >= 0.3 is 12.4 Å². The number of anilines is 1. The van der Waals surface area contributed by atoms with Crippen molar-refractivity contribution in [2.45, 2.75) is 18.9 Å². The molecule has 0 radical (unpaired) electrons. The standard InChI is InChI=1S/C13H11F6N3/c1-22-11(13(17,18)19)6-8(21-22)7-20-10-5-3-2-4-9(10)12(14,15)16/h2-6,20H,7H2,1H3. The molecule has 0 aliphatic carbocycles. The van der Waals surface area contributed by atoms with Crippen LogP contribution in [-0.2, 0) is 25.9 Å². The Bertz CT molecular complexity index is 657. The molecule has 0 unspecified atom stereocenters. The quantitative estimate of drug-likeness (QED) is 0.863. The van der Waals surface area contributed by atoms with Crippen LogP contribution in [-0.4, -0.2) is 9.78 Å². The van der Waals surface area contributed by atoms with E-state index in [1.807, 2.05) is 0 Å². The Morgan fingerprint density at radius 1 is 1.05 bits per heavy atom. The highest BCUT2D eigenvalue weighted by atomic mass is 19.4. The average molecular weight is 323 g/mol. The van der Waals surface area contributed by atoms with Gasteiger partial charge in [0.25, 0.3) is 0 Å². The molecule has 1 aromatic heterocycles. The van der Waals surface area contributed by atoms with Crippen LogP contribution >= 0.6 is 0 Å². The largest absolute Gasteiger partial charge is 0.433 e. The van der Waals surface area contributed by atoms with Crippen molar-refractivity contribution in [3.8, 4) is 0 Å². The van der Waals surface area contributed by atoms with Crippen LogP contribution in [0, 0.1) is 0 Å². The van der Waals surface area contributed by atoms with Crippen molar-refractivity contribution in [2.75, 3.05) is 5.32 Å². The zero-order valence-electron chi connectivity index (χ0n) is 11.3. The van der Waals surface area contributed by atoms with Crippen molar-refractivity contribution < 1.29 is 26.3 Å². The number of rotatable bonds is 3. The number of hydrogen-bond donors (Lipinski definition) is 1. The van der Waals surface area contributed by atoms with Gasteiger partial charge in [-0.25, -0.2) is 0 Å². The van der Waals surface area contributed by atoms with Crippen LogP contribution in [0.15, 0.2) is 30.3 Å². The molecule has 22 heavy (non-hydrogen) atoms. The van der Waals surface area contributed by atoms with Crippen LogP contribution in [0.4, 0.5) is 32.0 Å². The van der Waals surface area contributed by atoms with E-state index in [1.54, 1.807) is 0 Å². The summed E-state index contributed by atoms with van der Waals surface area (Å²) in [5.41, 5.74) is -2.07. The fourth-order valence-electron chi connectivity index (χ4n) is 1.95. The highest BCUT2D eigenvalue weighted by molar-refractivity contribution is 5.52. The number of para-hydroxylation sites is 1. The first-order valence-electron chi connectivity index (χ1n) is 6.09. The lowest BCUT2D eigenvalue weighted by atomic mass is 10.1. The van der Waals surface area contributed by atoms with E-state index in [-0.39, 0.29) is 17.9 Å². The fraction of sp³-hybridized carbons (Fsp3) is 0.308. The summed E-state index contributed by atoms with van der Waals surface area (Å²) >= 11 is 0. The molecule has 3 nitrogen and oxygen atoms in total. The molecule has 1 aromatic carbocycles. The van der Waals surface area contributed by atoms with Crippen LogP contribution in [0.5, 0.6) is 0 Å². The molecule has 0 aliphatic heterocycles. The molecule has 0 saturated heterocycles. The van der Waals surface area contributed by atoms with Crippen molar-refractivity contribution >= 4 is 5.69 Å². The Morgan fingerprint density at radius 3 is 2.23 bits per heavy atom. The van der Waals surface area contributed by atoms with Crippen molar-refractivity contribution in [1.82, 2.24) is 9.78 Å². The van der Waals surface area contributed by atoms with Gasteiger partial charge in [-0.05, 0) is 18.2 Å². The van der Waals surface area contributed by atoms with Gasteiger partial charge in [0.1, 0.15) is 5.69 Å². The van der Waals surface area contributed by atoms with Crippen LogP contribution in [0.25, 0.3) is 0 Å². The van der Waals surface area contributed by atoms with Crippen molar-refractivity contribution in [1.29, 1.82) is 0 Å². The van der Waals surface area contributed by atoms with E-state index in [4.69, 9.17) is 0 Å². The Hall–Kier alpha value is -2.19. The summed E-state index contributed by atoms with van der Waals surface area (Å²) in [6.07, 6.45) is -9.12. The van der Waals surface area contributed by atoms with Crippen LogP contribution in [0.3, 0.4) is 0 Å². The Morgan fingerprint density at radius 2 is 1.68 bits per heavy atom. The molecular weight excluding hydrogens is 312 g/mol. The second-order valence-corrected chi connectivity index (χ2v) is 4.54. The first kappa shape index (κ1) is 16.2. The molecule has 0 atom stereocenters. The van der Waals surface area contributed by atoms with Gasteiger partial charge < -0.3 is 5.32 Å². The van der Waals surface area contributed by atoms with E-state index < -0.39 is 23.6 Å². The van der Waals surface area contributed by atoms with E-state index in [2.05, 4.69) is 10.4 Å². The Balaban J connectivity index is 2.18. The molecule has 0 fully saturated rings. The van der Waals surface area contributed by atoms with Crippen molar-refractivity contribution in [3.63, 3.8) is 0 Å². The zero-order valence-corrected chi connectivity index (χ0v) is 11.3. The molecule has 0 bridgehead atoms. The molecule has 0 saturated carbocycles. The predicted molar refractivity (Wildman–Crippen MR) is 67.0 cm³/mol. The zero-order chi connectivity index (χ0) is 16.5. The number of halogens is 6. The Kier molecular flexibility index (Phi) is 4.08. The molecule has 9 heteroatoms. The minimum Gasteiger partial charge on any atom is -0.379 e. The third-order valence-electron chi connectivity index (χ3n) is 2.91. The third kappa shape index (κ3) is 3.52. The molecule has 0 aliphatic rings. The normalized spacial score (nSPS) is 12.5. The van der Waals surface area contributed by atoms with Gasteiger partial charge in [0.2, 0.25) is 0 Å². The van der Waals surface area contributed by atoms with Crippen molar-refractivity contribution in [3.05, 3.63) is 47.3 Å². The van der Waals surface area contributed by atoms with Crippen molar-refractivity contribution in [2.24, 2.45) is 7.05 Å². The highest BCUT2D eigenvalue weighted by Gasteiger charge is 2.35. The SMILES string of the molecule is Cn1nc(CNc2ccccc2C(F)(F)F)cc1C(F)(F)F. The first-order chi connectivity index (χ1) is 10.1. The number of benzene rings is 1. The minimum atomic E-state index is -4.57. The maximum atomic E-state index is 12.8. The van der Waals surface area contributed by atoms with Gasteiger partial charge in [-0.3, -0.25) is 4.68 Å². The van der Waals surface area contributed by atoms with E-state index in [1.165, 1.54) is 18.2 Å².